The van der Waals surface area contributed by atoms with E-state index in [1.54, 1.807) is 0 Å². The van der Waals surface area contributed by atoms with E-state index < -0.39 is 0 Å². The second-order valence-electron chi connectivity index (χ2n) is 6.25. The molecule has 0 unspecified atom stereocenters. The number of amides is 1. The van der Waals surface area contributed by atoms with Crippen LogP contribution in [0, 0.1) is 19.8 Å². The van der Waals surface area contributed by atoms with Crippen molar-refractivity contribution in [3.63, 3.8) is 0 Å². The molecule has 0 radical (unpaired) electrons. The lowest BCUT2D eigenvalue weighted by atomic mass is 10.1. The van der Waals surface area contributed by atoms with Crippen LogP contribution in [-0.2, 0) is 17.9 Å². The quantitative estimate of drug-likeness (QED) is 0.818. The monoisotopic (exact) mass is 300 g/mol. The van der Waals surface area contributed by atoms with Gasteiger partial charge in [-0.2, -0.15) is 4.68 Å². The van der Waals surface area contributed by atoms with Gasteiger partial charge in [0.25, 0.3) is 5.91 Å². The van der Waals surface area contributed by atoms with Gasteiger partial charge in [0.1, 0.15) is 0 Å². The van der Waals surface area contributed by atoms with Gasteiger partial charge in [0, 0.05) is 11.8 Å². The summed E-state index contributed by atoms with van der Waals surface area (Å²) in [5.74, 6) is 0.659. The number of carbonyl (C=O) groups is 1. The van der Waals surface area contributed by atoms with Gasteiger partial charge < -0.3 is 5.32 Å². The van der Waals surface area contributed by atoms with Crippen LogP contribution in [0.4, 0.5) is 5.69 Å². The van der Waals surface area contributed by atoms with E-state index in [-0.39, 0.29) is 5.91 Å². The van der Waals surface area contributed by atoms with Gasteiger partial charge >= 0.3 is 0 Å². The van der Waals surface area contributed by atoms with Crippen LogP contribution >= 0.6 is 0 Å². The van der Waals surface area contributed by atoms with Crippen molar-refractivity contribution in [2.24, 2.45) is 5.92 Å². The average Bonchev–Trinajstić information content (AvgIpc) is 2.88. The molecule has 0 aliphatic carbocycles. The summed E-state index contributed by atoms with van der Waals surface area (Å²) < 4.78 is 4.07. The van der Waals surface area contributed by atoms with E-state index in [1.165, 1.54) is 0 Å². The molecule has 0 atom stereocenters. The fraction of sp³-hybridized carbons (Fsp3) is 0.444. The van der Waals surface area contributed by atoms with E-state index in [0.717, 1.165) is 29.8 Å². The summed E-state index contributed by atoms with van der Waals surface area (Å²) in [6, 6.07) is 8.01. The lowest BCUT2D eigenvalue weighted by Crippen LogP contribution is -2.47. The van der Waals surface area contributed by atoms with Gasteiger partial charge in [-0.05, 0) is 37.3 Å². The third-order valence-electron chi connectivity index (χ3n) is 3.83. The van der Waals surface area contributed by atoms with Gasteiger partial charge in [-0.25, -0.2) is 0 Å². The molecule has 4 heteroatoms. The molecule has 0 bridgehead atoms. The minimum atomic E-state index is 0.00639. The fourth-order valence-electron chi connectivity index (χ4n) is 2.48. The van der Waals surface area contributed by atoms with Crippen LogP contribution in [-0.4, -0.2) is 10.6 Å². The maximum atomic E-state index is 12.3. The smallest absolute Gasteiger partial charge is 0.292 e. The van der Waals surface area contributed by atoms with Crippen molar-refractivity contribution < 1.29 is 9.48 Å². The van der Waals surface area contributed by atoms with Crippen LogP contribution in [0.2, 0.25) is 0 Å². The number of carbonyl (C=O) groups excluding carboxylic acids is 1. The summed E-state index contributed by atoms with van der Waals surface area (Å²) in [5.41, 5.74) is 3.11. The first-order valence-corrected chi connectivity index (χ1v) is 7.88. The molecular formula is C18H26N3O+. The van der Waals surface area contributed by atoms with Crippen LogP contribution in [0.1, 0.15) is 31.4 Å². The number of aryl methyl sites for hydroxylation is 3. The molecule has 4 nitrogen and oxygen atoms in total. The minimum absolute atomic E-state index is 0.00639. The molecule has 0 aliphatic heterocycles. The van der Waals surface area contributed by atoms with E-state index in [2.05, 4.69) is 23.8 Å². The van der Waals surface area contributed by atoms with Crippen molar-refractivity contribution in [1.29, 1.82) is 0 Å². The summed E-state index contributed by atoms with van der Waals surface area (Å²) in [6.45, 7) is 9.71. The van der Waals surface area contributed by atoms with Crippen molar-refractivity contribution in [2.75, 3.05) is 5.32 Å². The zero-order valence-corrected chi connectivity index (χ0v) is 14.0. The van der Waals surface area contributed by atoms with Gasteiger partial charge in [0.2, 0.25) is 6.54 Å². The maximum Gasteiger partial charge on any atom is 0.292 e. The number of nitrogens with zero attached hydrogens (tertiary/aromatic N) is 2. The SMILES string of the molecule is Cc1cccc(C)c1NC(=O)C[n+]1cccn1CCC(C)C. The van der Waals surface area contributed by atoms with Crippen molar-refractivity contribution in [2.45, 2.75) is 47.2 Å². The molecule has 1 aromatic carbocycles. The van der Waals surface area contributed by atoms with E-state index >= 15 is 0 Å². The first-order chi connectivity index (χ1) is 10.5. The standard InChI is InChI=1S/C18H25N3O/c1-14(2)9-12-20-10-6-11-21(20)13-17(22)19-18-15(3)7-5-8-16(18)4/h5-8,10-11,14H,9,12-13H2,1-4H3/p+1. The predicted octanol–water partition coefficient (Wildman–Crippen LogP) is 3.08. The topological polar surface area (TPSA) is 37.9 Å². The molecule has 1 amide bonds. The van der Waals surface area contributed by atoms with Crippen LogP contribution in [0.15, 0.2) is 36.7 Å². The van der Waals surface area contributed by atoms with Crippen molar-refractivity contribution in [3.8, 4) is 0 Å². The highest BCUT2D eigenvalue weighted by molar-refractivity contribution is 5.91. The Hall–Kier alpha value is -2.10. The molecule has 0 aliphatic rings. The zero-order chi connectivity index (χ0) is 16.1. The molecule has 0 saturated carbocycles. The van der Waals surface area contributed by atoms with Gasteiger partial charge in [-0.3, -0.25) is 4.79 Å². The van der Waals surface area contributed by atoms with E-state index in [9.17, 15) is 4.79 Å². The van der Waals surface area contributed by atoms with Crippen molar-refractivity contribution in [3.05, 3.63) is 47.8 Å². The lowest BCUT2D eigenvalue weighted by Gasteiger charge is -2.10. The van der Waals surface area contributed by atoms with Gasteiger partial charge in [-0.15, -0.1) is 4.68 Å². The second-order valence-corrected chi connectivity index (χ2v) is 6.25. The summed E-state index contributed by atoms with van der Waals surface area (Å²) in [5, 5.41) is 3.04. The second kappa shape index (κ2) is 7.25. The lowest BCUT2D eigenvalue weighted by molar-refractivity contribution is -0.764. The highest BCUT2D eigenvalue weighted by atomic mass is 16.2. The first kappa shape index (κ1) is 16.3. The Labute approximate surface area is 132 Å². The number of anilines is 1. The molecule has 0 fully saturated rings. The number of rotatable bonds is 6. The number of aromatic nitrogens is 2. The molecule has 0 spiro atoms. The van der Waals surface area contributed by atoms with Crippen LogP contribution < -0.4 is 10.00 Å². The molecule has 0 saturated heterocycles. The Morgan fingerprint density at radius 1 is 1.23 bits per heavy atom. The van der Waals surface area contributed by atoms with Crippen LogP contribution in [0.25, 0.3) is 0 Å². The minimum Gasteiger partial charge on any atom is -0.320 e. The Balaban J connectivity index is 2.02. The zero-order valence-electron chi connectivity index (χ0n) is 14.0. The van der Waals surface area contributed by atoms with Gasteiger partial charge in [0.15, 0.2) is 6.20 Å². The van der Waals surface area contributed by atoms with Crippen molar-refractivity contribution in [1.82, 2.24) is 4.68 Å². The first-order valence-electron chi connectivity index (χ1n) is 7.88. The molecule has 1 N–H and O–H groups in total. The van der Waals surface area contributed by atoms with Gasteiger partial charge in [-0.1, -0.05) is 32.0 Å². The van der Waals surface area contributed by atoms with Crippen LogP contribution in [0.5, 0.6) is 0 Å². The third kappa shape index (κ3) is 4.20. The third-order valence-corrected chi connectivity index (χ3v) is 3.83. The molecule has 1 aromatic heterocycles. The normalized spacial score (nSPS) is 11.0. The molecule has 2 rings (SSSR count). The number of nitrogens with one attached hydrogen (secondary N) is 1. The van der Waals surface area contributed by atoms with Gasteiger partial charge in [0.05, 0.1) is 12.7 Å². The van der Waals surface area contributed by atoms with E-state index in [4.69, 9.17) is 0 Å². The van der Waals surface area contributed by atoms with Crippen LogP contribution in [0.3, 0.4) is 0 Å². The molecule has 2 aromatic rings. The summed E-state index contributed by atoms with van der Waals surface area (Å²) in [7, 11) is 0. The Morgan fingerprint density at radius 2 is 1.91 bits per heavy atom. The molecule has 118 valence electrons. The number of benzene rings is 1. The highest BCUT2D eigenvalue weighted by Gasteiger charge is 2.15. The Morgan fingerprint density at radius 3 is 2.55 bits per heavy atom. The maximum absolute atomic E-state index is 12.3. The Kier molecular flexibility index (Phi) is 5.36. The summed E-state index contributed by atoms with van der Waals surface area (Å²) >= 11 is 0. The summed E-state index contributed by atoms with van der Waals surface area (Å²) in [4.78, 5) is 12.3. The molecule has 22 heavy (non-hydrogen) atoms. The number of hydrogen-bond donors (Lipinski definition) is 1. The Bertz CT molecular complexity index is 623. The summed E-state index contributed by atoms with van der Waals surface area (Å²) in [6.07, 6.45) is 5.08. The van der Waals surface area contributed by atoms with Crippen molar-refractivity contribution >= 4 is 11.6 Å². The number of hydrogen-bond acceptors (Lipinski definition) is 1. The largest absolute Gasteiger partial charge is 0.320 e. The highest BCUT2D eigenvalue weighted by Crippen LogP contribution is 2.19. The predicted molar refractivity (Wildman–Crippen MR) is 88.6 cm³/mol. The fourth-order valence-corrected chi connectivity index (χ4v) is 2.48. The molecule has 1 heterocycles. The van der Waals surface area contributed by atoms with E-state index in [1.807, 2.05) is 55.2 Å². The average molecular weight is 300 g/mol. The molecular weight excluding hydrogens is 274 g/mol. The van der Waals surface area contributed by atoms with E-state index in [0.29, 0.717) is 12.5 Å². The number of para-hydroxylation sites is 1.